The molecule has 0 amide bonds. The van der Waals surface area contributed by atoms with Crippen molar-refractivity contribution in [2.75, 3.05) is 0 Å². The normalized spacial score (nSPS) is 13.2. The van der Waals surface area contributed by atoms with E-state index in [1.807, 2.05) is 42.5 Å². The fourth-order valence-corrected chi connectivity index (χ4v) is 4.16. The summed E-state index contributed by atoms with van der Waals surface area (Å²) in [5, 5.41) is 0.807. The Labute approximate surface area is 176 Å². The molecule has 3 rings (SSSR count). The number of benzene rings is 3. The van der Waals surface area contributed by atoms with Crippen LogP contribution in [-0.2, 0) is 10.8 Å². The lowest BCUT2D eigenvalue weighted by Crippen LogP contribution is -2.17. The molecule has 0 aliphatic carbocycles. The Bertz CT molecular complexity index is 966. The summed E-state index contributed by atoms with van der Waals surface area (Å²) in [6.07, 6.45) is 0. The predicted octanol–water partition coefficient (Wildman–Crippen LogP) is 6.96. The molecule has 0 saturated heterocycles. The molecule has 0 radical (unpaired) electrons. The van der Waals surface area contributed by atoms with E-state index in [1.54, 1.807) is 0 Å². The van der Waals surface area contributed by atoms with Crippen molar-refractivity contribution in [2.45, 2.75) is 52.4 Å². The summed E-state index contributed by atoms with van der Waals surface area (Å²) >= 11 is 0. The largest absolute Gasteiger partial charge is 0.444 e. The van der Waals surface area contributed by atoms with Crippen molar-refractivity contribution >= 4 is 13.7 Å². The Morgan fingerprint density at radius 3 is 1.97 bits per heavy atom. The first kappa shape index (κ1) is 21.6. The van der Waals surface area contributed by atoms with Crippen LogP contribution in [0.25, 0.3) is 11.1 Å². The van der Waals surface area contributed by atoms with Gasteiger partial charge in [0.05, 0.1) is 0 Å². The maximum Gasteiger partial charge on any atom is 0.262 e. The Morgan fingerprint density at radius 1 is 0.690 bits per heavy atom. The Hall–Kier alpha value is -2.15. The zero-order chi connectivity index (χ0) is 21.2. The lowest BCUT2D eigenvalue weighted by Gasteiger charge is -2.28. The molecule has 0 fully saturated rings. The minimum atomic E-state index is -1.76. The Kier molecular flexibility index (Phi) is 6.17. The maximum atomic E-state index is 10.9. The lowest BCUT2D eigenvalue weighted by atomic mass is 9.80. The van der Waals surface area contributed by atoms with Crippen LogP contribution in [-0.4, -0.2) is 4.89 Å². The standard InChI is InChI=1S/C26H31O2P/c1-25(2,3)21-15-16-24(23(18-21)26(4,5)6)28-29(27)22-14-10-13-20(17-22)19-11-8-7-9-12-19/h7-18,27H,1-6H3. The number of rotatable bonds is 4. The highest BCUT2D eigenvalue weighted by Crippen LogP contribution is 2.41. The molecule has 29 heavy (non-hydrogen) atoms. The molecule has 0 spiro atoms. The third-order valence-electron chi connectivity index (χ3n) is 5.01. The van der Waals surface area contributed by atoms with Crippen LogP contribution < -0.4 is 9.83 Å². The molecule has 0 aromatic heterocycles. The summed E-state index contributed by atoms with van der Waals surface area (Å²) in [4.78, 5) is 10.9. The molecule has 3 heteroatoms. The second-order valence-corrected chi connectivity index (χ2v) is 10.7. The lowest BCUT2D eigenvalue weighted by molar-refractivity contribution is 0.477. The zero-order valence-corrected chi connectivity index (χ0v) is 19.1. The number of hydrogen-bond donors (Lipinski definition) is 1. The first-order valence-electron chi connectivity index (χ1n) is 10.0. The first-order chi connectivity index (χ1) is 13.6. The highest BCUT2D eigenvalue weighted by Gasteiger charge is 2.25. The van der Waals surface area contributed by atoms with Crippen LogP contribution in [0.5, 0.6) is 5.75 Å². The van der Waals surface area contributed by atoms with Crippen LogP contribution in [0.2, 0.25) is 0 Å². The Balaban J connectivity index is 1.92. The highest BCUT2D eigenvalue weighted by atomic mass is 31.2. The molecular weight excluding hydrogens is 375 g/mol. The second kappa shape index (κ2) is 8.30. The summed E-state index contributed by atoms with van der Waals surface area (Å²) in [5.74, 6) is 0.754. The third-order valence-corrected chi connectivity index (χ3v) is 6.10. The van der Waals surface area contributed by atoms with Gasteiger partial charge in [-0.25, -0.2) is 0 Å². The van der Waals surface area contributed by atoms with Gasteiger partial charge in [-0.3, -0.25) is 0 Å². The van der Waals surface area contributed by atoms with Crippen LogP contribution in [0.15, 0.2) is 72.8 Å². The van der Waals surface area contributed by atoms with Crippen LogP contribution in [0.3, 0.4) is 0 Å². The molecule has 0 aliphatic heterocycles. The molecule has 0 saturated carbocycles. The fourth-order valence-electron chi connectivity index (χ4n) is 3.24. The fraction of sp³-hybridized carbons (Fsp3) is 0.308. The Morgan fingerprint density at radius 2 is 1.34 bits per heavy atom. The molecule has 2 nitrogen and oxygen atoms in total. The van der Waals surface area contributed by atoms with Crippen molar-refractivity contribution in [1.82, 2.24) is 0 Å². The topological polar surface area (TPSA) is 29.5 Å². The summed E-state index contributed by atoms with van der Waals surface area (Å²) in [6.45, 7) is 13.2. The van der Waals surface area contributed by atoms with Crippen molar-refractivity contribution in [1.29, 1.82) is 0 Å². The van der Waals surface area contributed by atoms with Crippen LogP contribution >= 0.6 is 8.38 Å². The van der Waals surface area contributed by atoms with Gasteiger partial charge in [0.15, 0.2) is 0 Å². The summed E-state index contributed by atoms with van der Waals surface area (Å²) in [7, 11) is -1.76. The van der Waals surface area contributed by atoms with Gasteiger partial charge in [-0.05, 0) is 45.7 Å². The van der Waals surface area contributed by atoms with Gasteiger partial charge in [-0.2, -0.15) is 0 Å². The van der Waals surface area contributed by atoms with Crippen molar-refractivity contribution in [3.8, 4) is 16.9 Å². The van der Waals surface area contributed by atoms with Gasteiger partial charge in [-0.15, -0.1) is 0 Å². The molecule has 3 aromatic rings. The van der Waals surface area contributed by atoms with Crippen LogP contribution in [0.1, 0.15) is 52.7 Å². The van der Waals surface area contributed by atoms with E-state index in [-0.39, 0.29) is 10.8 Å². The van der Waals surface area contributed by atoms with E-state index in [0.29, 0.717) is 0 Å². The van der Waals surface area contributed by atoms with Crippen LogP contribution in [0.4, 0.5) is 0 Å². The average Bonchev–Trinajstić information content (AvgIpc) is 2.67. The average molecular weight is 407 g/mol. The van der Waals surface area contributed by atoms with Crippen LogP contribution in [0, 0.1) is 0 Å². The minimum absolute atomic E-state index is 0.0620. The zero-order valence-electron chi connectivity index (χ0n) is 18.2. The van der Waals surface area contributed by atoms with Crippen molar-refractivity contribution in [2.24, 2.45) is 0 Å². The number of hydrogen-bond acceptors (Lipinski definition) is 2. The van der Waals surface area contributed by atoms with E-state index in [4.69, 9.17) is 4.52 Å². The minimum Gasteiger partial charge on any atom is -0.444 e. The van der Waals surface area contributed by atoms with Crippen molar-refractivity contribution in [3.63, 3.8) is 0 Å². The smallest absolute Gasteiger partial charge is 0.262 e. The molecule has 1 atom stereocenters. The molecule has 3 aromatic carbocycles. The molecule has 1 N–H and O–H groups in total. The van der Waals surface area contributed by atoms with E-state index in [9.17, 15) is 4.89 Å². The van der Waals surface area contributed by atoms with E-state index >= 15 is 0 Å². The molecule has 0 aliphatic rings. The molecule has 0 heterocycles. The van der Waals surface area contributed by atoms with Gasteiger partial charge < -0.3 is 9.42 Å². The quantitative estimate of drug-likeness (QED) is 0.475. The highest BCUT2D eigenvalue weighted by molar-refractivity contribution is 7.55. The maximum absolute atomic E-state index is 10.9. The van der Waals surface area contributed by atoms with Gasteiger partial charge in [-0.1, -0.05) is 96.1 Å². The SMILES string of the molecule is CC(C)(C)c1ccc(OP(O)c2cccc(-c3ccccc3)c2)c(C(C)(C)C)c1. The van der Waals surface area contributed by atoms with E-state index in [1.165, 1.54) is 5.56 Å². The monoisotopic (exact) mass is 406 g/mol. The van der Waals surface area contributed by atoms with E-state index in [0.717, 1.165) is 27.7 Å². The molecule has 152 valence electrons. The second-order valence-electron chi connectivity index (χ2n) is 9.49. The first-order valence-corrected chi connectivity index (χ1v) is 11.2. The molecular formula is C26H31O2P. The molecule has 0 bridgehead atoms. The predicted molar refractivity (Wildman–Crippen MR) is 125 cm³/mol. The summed E-state index contributed by atoms with van der Waals surface area (Å²) < 4.78 is 6.14. The van der Waals surface area contributed by atoms with Gasteiger partial charge in [0.1, 0.15) is 5.75 Å². The molecule has 1 unspecified atom stereocenters. The summed E-state index contributed by atoms with van der Waals surface area (Å²) in [5.41, 5.74) is 4.56. The van der Waals surface area contributed by atoms with Gasteiger partial charge in [0, 0.05) is 10.9 Å². The summed E-state index contributed by atoms with van der Waals surface area (Å²) in [6, 6.07) is 24.5. The van der Waals surface area contributed by atoms with E-state index in [2.05, 4.69) is 71.9 Å². The van der Waals surface area contributed by atoms with Crippen molar-refractivity contribution < 1.29 is 9.42 Å². The van der Waals surface area contributed by atoms with Crippen molar-refractivity contribution in [3.05, 3.63) is 83.9 Å². The van der Waals surface area contributed by atoms with Gasteiger partial charge in [0.2, 0.25) is 0 Å². The third kappa shape index (κ3) is 5.26. The van der Waals surface area contributed by atoms with E-state index < -0.39 is 8.38 Å². The van der Waals surface area contributed by atoms with Gasteiger partial charge in [0.25, 0.3) is 8.38 Å². The van der Waals surface area contributed by atoms with Gasteiger partial charge >= 0.3 is 0 Å².